The zero-order valence-corrected chi connectivity index (χ0v) is 20.8. The zero-order valence-electron chi connectivity index (χ0n) is 18.4. The Labute approximate surface area is 201 Å². The summed E-state index contributed by atoms with van der Waals surface area (Å²) in [6.07, 6.45) is -0.210. The summed E-state index contributed by atoms with van der Waals surface area (Å²) in [5.41, 5.74) is 3.25. The van der Waals surface area contributed by atoms with Crippen molar-refractivity contribution >= 4 is 34.7 Å². The largest absolute Gasteiger partial charge is 0.483 e. The number of ether oxygens (including phenoxy) is 1. The Bertz CT molecular complexity index is 1190. The van der Waals surface area contributed by atoms with Gasteiger partial charge in [-0.25, -0.2) is 4.98 Å². The van der Waals surface area contributed by atoms with E-state index < -0.39 is 0 Å². The van der Waals surface area contributed by atoms with Crippen LogP contribution in [0.25, 0.3) is 10.6 Å². The number of hydrogen-bond donors (Lipinski definition) is 0. The first-order chi connectivity index (χ1) is 15.4. The van der Waals surface area contributed by atoms with Crippen LogP contribution in [0.5, 0.6) is 5.75 Å². The van der Waals surface area contributed by atoms with Crippen molar-refractivity contribution in [3.8, 4) is 16.3 Å². The molecule has 0 fully saturated rings. The molecule has 0 N–H and O–H groups in total. The van der Waals surface area contributed by atoms with Gasteiger partial charge in [0.15, 0.2) is 17.1 Å². The molecule has 2 aromatic heterocycles. The van der Waals surface area contributed by atoms with E-state index in [0.29, 0.717) is 16.7 Å². The fraction of sp³-hybridized carbons (Fsp3) is 0.292. The van der Waals surface area contributed by atoms with E-state index in [0.717, 1.165) is 33.0 Å². The summed E-state index contributed by atoms with van der Waals surface area (Å²) >= 11 is 9.51. The minimum atomic E-state index is -0.210. The maximum absolute atomic E-state index is 6.30. The van der Waals surface area contributed by atoms with E-state index >= 15 is 0 Å². The third-order valence-electron chi connectivity index (χ3n) is 5.10. The highest BCUT2D eigenvalue weighted by atomic mass is 35.5. The van der Waals surface area contributed by atoms with Crippen molar-refractivity contribution in [1.29, 1.82) is 0 Å². The van der Waals surface area contributed by atoms with Gasteiger partial charge in [-0.1, -0.05) is 67.5 Å². The molecule has 1 atom stereocenters. The van der Waals surface area contributed by atoms with Crippen LogP contribution in [0, 0.1) is 0 Å². The van der Waals surface area contributed by atoms with Crippen molar-refractivity contribution in [2.45, 2.75) is 43.7 Å². The van der Waals surface area contributed by atoms with Gasteiger partial charge in [-0.2, -0.15) is 0 Å². The lowest BCUT2D eigenvalue weighted by Gasteiger charge is -2.15. The van der Waals surface area contributed by atoms with Crippen LogP contribution in [0.4, 0.5) is 0 Å². The maximum atomic E-state index is 6.30. The molecule has 32 heavy (non-hydrogen) atoms. The molecule has 0 saturated heterocycles. The second kappa shape index (κ2) is 10.1. The first kappa shape index (κ1) is 22.8. The predicted molar refractivity (Wildman–Crippen MR) is 133 cm³/mol. The average Bonchev–Trinajstić information content (AvgIpc) is 3.39. The van der Waals surface area contributed by atoms with E-state index in [2.05, 4.69) is 41.6 Å². The molecule has 0 aliphatic carbocycles. The van der Waals surface area contributed by atoms with Crippen molar-refractivity contribution in [3.63, 3.8) is 0 Å². The van der Waals surface area contributed by atoms with Gasteiger partial charge in [0.2, 0.25) is 0 Å². The van der Waals surface area contributed by atoms with Gasteiger partial charge in [0.25, 0.3) is 0 Å². The quantitative estimate of drug-likeness (QED) is 0.248. The molecule has 1 unspecified atom stereocenters. The Hall–Kier alpha value is -2.35. The van der Waals surface area contributed by atoms with Gasteiger partial charge >= 0.3 is 0 Å². The molecule has 2 heterocycles. The monoisotopic (exact) mass is 484 g/mol. The predicted octanol–water partition coefficient (Wildman–Crippen LogP) is 7.15. The highest BCUT2D eigenvalue weighted by molar-refractivity contribution is 7.98. The van der Waals surface area contributed by atoms with Crippen molar-refractivity contribution in [3.05, 3.63) is 76.0 Å². The van der Waals surface area contributed by atoms with E-state index in [9.17, 15) is 0 Å². The minimum Gasteiger partial charge on any atom is -0.483 e. The second-order valence-electron chi connectivity index (χ2n) is 7.80. The van der Waals surface area contributed by atoms with Crippen LogP contribution >= 0.6 is 34.7 Å². The van der Waals surface area contributed by atoms with Gasteiger partial charge in [0.1, 0.15) is 10.8 Å². The number of hydrogen-bond acceptors (Lipinski definition) is 6. The zero-order chi connectivity index (χ0) is 22.7. The van der Waals surface area contributed by atoms with Crippen LogP contribution < -0.4 is 4.74 Å². The summed E-state index contributed by atoms with van der Waals surface area (Å²) in [5, 5.41) is 13.3. The molecule has 8 heteroatoms. The summed E-state index contributed by atoms with van der Waals surface area (Å²) in [4.78, 5) is 4.73. The summed E-state index contributed by atoms with van der Waals surface area (Å²) in [7, 11) is 1.97. The fourth-order valence-electron chi connectivity index (χ4n) is 3.26. The molecule has 0 amide bonds. The molecule has 0 radical (unpaired) electrons. The lowest BCUT2D eigenvalue weighted by molar-refractivity contribution is 0.211. The highest BCUT2D eigenvalue weighted by Crippen LogP contribution is 2.32. The first-order valence-electron chi connectivity index (χ1n) is 10.4. The lowest BCUT2D eigenvalue weighted by Crippen LogP contribution is -2.10. The Balaban J connectivity index is 1.39. The van der Waals surface area contributed by atoms with Gasteiger partial charge in [-0.15, -0.1) is 21.5 Å². The average molecular weight is 485 g/mol. The van der Waals surface area contributed by atoms with Crippen LogP contribution in [0.2, 0.25) is 5.02 Å². The van der Waals surface area contributed by atoms with Gasteiger partial charge in [-0.3, -0.25) is 0 Å². The summed E-state index contributed by atoms with van der Waals surface area (Å²) in [6.45, 7) is 6.35. The minimum absolute atomic E-state index is 0.210. The highest BCUT2D eigenvalue weighted by Gasteiger charge is 2.18. The number of thiazole rings is 1. The van der Waals surface area contributed by atoms with E-state index in [-0.39, 0.29) is 6.10 Å². The molecule has 4 rings (SSSR count). The number of benzene rings is 2. The lowest BCUT2D eigenvalue weighted by atomic mass is 10.0. The summed E-state index contributed by atoms with van der Waals surface area (Å²) < 4.78 is 8.09. The maximum Gasteiger partial charge on any atom is 0.191 e. The standard InChI is InChI=1S/C24H25ClN4OS2/c1-15(2)17-9-11-19(12-10-17)30-16(3)22-27-28-24(29(22)4)32-14-18-13-31-23(26-18)20-7-5-6-8-21(20)25/h5-13,15-16H,14H2,1-4H3. The number of thioether (sulfide) groups is 1. The molecule has 2 aromatic carbocycles. The van der Waals surface area contributed by atoms with Crippen LogP contribution in [0.1, 0.15) is 49.9 Å². The molecule has 0 aliphatic rings. The topological polar surface area (TPSA) is 52.8 Å². The van der Waals surface area contributed by atoms with Crippen molar-refractivity contribution in [2.75, 3.05) is 0 Å². The number of halogens is 1. The molecule has 0 spiro atoms. The van der Waals surface area contributed by atoms with E-state index in [1.807, 2.05) is 54.9 Å². The van der Waals surface area contributed by atoms with Gasteiger partial charge in [0.05, 0.1) is 10.7 Å². The van der Waals surface area contributed by atoms with Crippen molar-refractivity contribution in [2.24, 2.45) is 7.05 Å². The van der Waals surface area contributed by atoms with Crippen LogP contribution in [-0.2, 0) is 12.8 Å². The molecular formula is C24H25ClN4OS2. The van der Waals surface area contributed by atoms with E-state index in [1.165, 1.54) is 5.56 Å². The van der Waals surface area contributed by atoms with E-state index in [4.69, 9.17) is 21.3 Å². The summed E-state index contributed by atoms with van der Waals surface area (Å²) in [5.74, 6) is 2.82. The Morgan fingerprint density at radius 1 is 1.06 bits per heavy atom. The van der Waals surface area contributed by atoms with Crippen LogP contribution in [0.3, 0.4) is 0 Å². The Morgan fingerprint density at radius 2 is 1.81 bits per heavy atom. The first-order valence-corrected chi connectivity index (χ1v) is 12.6. The van der Waals surface area contributed by atoms with Gasteiger partial charge < -0.3 is 9.30 Å². The Morgan fingerprint density at radius 3 is 2.53 bits per heavy atom. The molecule has 4 aromatic rings. The third-order valence-corrected chi connectivity index (χ3v) is 7.40. The normalized spacial score (nSPS) is 12.3. The van der Waals surface area contributed by atoms with E-state index in [1.54, 1.807) is 23.1 Å². The molecule has 5 nitrogen and oxygen atoms in total. The molecule has 0 bridgehead atoms. The second-order valence-corrected chi connectivity index (χ2v) is 10.0. The number of nitrogens with zero attached hydrogens (tertiary/aromatic N) is 4. The van der Waals surface area contributed by atoms with Gasteiger partial charge in [0, 0.05) is 23.7 Å². The van der Waals surface area contributed by atoms with Gasteiger partial charge in [-0.05, 0) is 36.6 Å². The molecule has 0 saturated carbocycles. The molecular weight excluding hydrogens is 460 g/mol. The fourth-order valence-corrected chi connectivity index (χ4v) is 5.32. The SMILES string of the molecule is CC(C)c1ccc(OC(C)c2nnc(SCc3csc(-c4ccccc4Cl)n3)n2C)cc1. The smallest absolute Gasteiger partial charge is 0.191 e. The van der Waals surface area contributed by atoms with Crippen molar-refractivity contribution in [1.82, 2.24) is 19.7 Å². The molecule has 166 valence electrons. The third kappa shape index (κ3) is 5.17. The van der Waals surface area contributed by atoms with Crippen LogP contribution in [0.15, 0.2) is 59.1 Å². The Kier molecular flexibility index (Phi) is 7.18. The van der Waals surface area contributed by atoms with Crippen LogP contribution in [-0.4, -0.2) is 19.7 Å². The summed E-state index contributed by atoms with van der Waals surface area (Å²) in [6, 6.07) is 16.0. The number of aromatic nitrogens is 4. The number of rotatable bonds is 8. The molecule has 0 aliphatic heterocycles. The van der Waals surface area contributed by atoms with Crippen molar-refractivity contribution < 1.29 is 4.74 Å².